The Kier molecular flexibility index (Phi) is 4.04. The third-order valence-corrected chi connectivity index (χ3v) is 3.49. The summed E-state index contributed by atoms with van der Waals surface area (Å²) >= 11 is 0. The third kappa shape index (κ3) is 2.65. The van der Waals surface area contributed by atoms with Gasteiger partial charge in [0.1, 0.15) is 17.4 Å². The molecule has 2 aromatic carbocycles. The molecule has 0 aromatic heterocycles. The second-order valence-corrected chi connectivity index (χ2v) is 4.81. The fourth-order valence-electron chi connectivity index (χ4n) is 2.26. The number of methoxy groups -OCH3 is 1. The first-order chi connectivity index (χ1) is 9.43. The number of halogens is 2. The Bertz CT molecular complexity index is 620. The maximum Gasteiger partial charge on any atom is 0.127 e. The van der Waals surface area contributed by atoms with Crippen LogP contribution in [0.2, 0.25) is 0 Å². The molecule has 4 heteroatoms. The Morgan fingerprint density at radius 1 is 1.05 bits per heavy atom. The van der Waals surface area contributed by atoms with Crippen LogP contribution in [0.5, 0.6) is 5.75 Å². The molecule has 2 N–H and O–H groups in total. The molecule has 0 amide bonds. The normalized spacial score (nSPS) is 12.3. The third-order valence-electron chi connectivity index (χ3n) is 3.49. The fraction of sp³-hybridized carbons (Fsp3) is 0.250. The number of rotatable bonds is 3. The molecular weight excluding hydrogens is 260 g/mol. The average Bonchev–Trinajstić information content (AvgIpc) is 2.39. The summed E-state index contributed by atoms with van der Waals surface area (Å²) in [7, 11) is 1.56. The molecule has 0 aliphatic heterocycles. The molecule has 1 atom stereocenters. The zero-order valence-electron chi connectivity index (χ0n) is 11.7. The molecule has 20 heavy (non-hydrogen) atoms. The maximum absolute atomic E-state index is 13.3. The van der Waals surface area contributed by atoms with E-state index in [9.17, 15) is 8.78 Å². The summed E-state index contributed by atoms with van der Waals surface area (Å²) in [5, 5.41) is 0. The maximum atomic E-state index is 13.3. The van der Waals surface area contributed by atoms with Crippen molar-refractivity contribution in [2.24, 2.45) is 5.73 Å². The Hall–Kier alpha value is -1.94. The molecule has 106 valence electrons. The van der Waals surface area contributed by atoms with E-state index in [1.807, 2.05) is 26.0 Å². The van der Waals surface area contributed by atoms with Crippen molar-refractivity contribution in [3.8, 4) is 5.75 Å². The van der Waals surface area contributed by atoms with E-state index in [0.717, 1.165) is 17.2 Å². The Morgan fingerprint density at radius 2 is 1.65 bits per heavy atom. The van der Waals surface area contributed by atoms with Gasteiger partial charge in [0, 0.05) is 11.6 Å². The van der Waals surface area contributed by atoms with E-state index >= 15 is 0 Å². The first-order valence-electron chi connectivity index (χ1n) is 6.29. The minimum absolute atomic E-state index is 0.379. The first kappa shape index (κ1) is 14.5. The molecule has 0 radical (unpaired) electrons. The van der Waals surface area contributed by atoms with E-state index in [4.69, 9.17) is 10.5 Å². The molecule has 0 aliphatic carbocycles. The molecular formula is C16H17F2NO. The van der Waals surface area contributed by atoms with Crippen molar-refractivity contribution < 1.29 is 13.5 Å². The molecule has 0 spiro atoms. The zero-order chi connectivity index (χ0) is 14.9. The molecule has 0 heterocycles. The van der Waals surface area contributed by atoms with Crippen LogP contribution in [-0.4, -0.2) is 7.11 Å². The monoisotopic (exact) mass is 277 g/mol. The van der Waals surface area contributed by atoms with Crippen molar-refractivity contribution in [1.29, 1.82) is 0 Å². The molecule has 2 aromatic rings. The molecule has 2 rings (SSSR count). The topological polar surface area (TPSA) is 35.2 Å². The number of nitrogens with two attached hydrogens (primary N) is 1. The van der Waals surface area contributed by atoms with Crippen molar-refractivity contribution in [1.82, 2.24) is 0 Å². The second-order valence-electron chi connectivity index (χ2n) is 4.81. The van der Waals surface area contributed by atoms with Crippen molar-refractivity contribution in [2.75, 3.05) is 7.11 Å². The lowest BCUT2D eigenvalue weighted by atomic mass is 9.95. The van der Waals surface area contributed by atoms with Gasteiger partial charge in [-0.2, -0.15) is 0 Å². The summed E-state index contributed by atoms with van der Waals surface area (Å²) in [6.07, 6.45) is 0. The highest BCUT2D eigenvalue weighted by molar-refractivity contribution is 5.49. The fourth-order valence-corrected chi connectivity index (χ4v) is 2.26. The van der Waals surface area contributed by atoms with Gasteiger partial charge in [-0.1, -0.05) is 12.1 Å². The van der Waals surface area contributed by atoms with Crippen LogP contribution in [0.1, 0.15) is 28.3 Å². The van der Waals surface area contributed by atoms with E-state index in [1.165, 1.54) is 12.1 Å². The lowest BCUT2D eigenvalue weighted by molar-refractivity contribution is 0.404. The lowest BCUT2D eigenvalue weighted by Crippen LogP contribution is -2.14. The van der Waals surface area contributed by atoms with Crippen LogP contribution >= 0.6 is 0 Å². The van der Waals surface area contributed by atoms with Crippen molar-refractivity contribution in [2.45, 2.75) is 19.9 Å². The highest BCUT2D eigenvalue weighted by Gasteiger charge is 2.18. The standard InChI is InChI=1S/C16H17F2NO/c1-9-4-5-14(16(20-3)10(9)2)15(19)11-6-12(17)8-13(18)7-11/h4-8,15H,19H2,1-3H3. The van der Waals surface area contributed by atoms with Crippen molar-refractivity contribution >= 4 is 0 Å². The van der Waals surface area contributed by atoms with Gasteiger partial charge in [-0.15, -0.1) is 0 Å². The summed E-state index contributed by atoms with van der Waals surface area (Å²) in [6, 6.07) is 6.41. The summed E-state index contributed by atoms with van der Waals surface area (Å²) in [6.45, 7) is 3.89. The van der Waals surface area contributed by atoms with Gasteiger partial charge in [-0.3, -0.25) is 0 Å². The number of benzene rings is 2. The number of ether oxygens (including phenoxy) is 1. The van der Waals surface area contributed by atoms with Gasteiger partial charge < -0.3 is 10.5 Å². The minimum Gasteiger partial charge on any atom is -0.496 e. The molecule has 0 fully saturated rings. The molecule has 0 aliphatic rings. The van der Waals surface area contributed by atoms with E-state index in [1.54, 1.807) is 7.11 Å². The van der Waals surface area contributed by atoms with E-state index in [0.29, 0.717) is 16.9 Å². The van der Waals surface area contributed by atoms with Crippen LogP contribution in [0.15, 0.2) is 30.3 Å². The SMILES string of the molecule is COc1c(C(N)c2cc(F)cc(F)c2)ccc(C)c1C. The Balaban J connectivity index is 2.53. The molecule has 2 nitrogen and oxygen atoms in total. The Labute approximate surface area is 117 Å². The highest BCUT2D eigenvalue weighted by Crippen LogP contribution is 2.33. The van der Waals surface area contributed by atoms with Crippen molar-refractivity contribution in [3.05, 3.63) is 64.2 Å². The van der Waals surface area contributed by atoms with Gasteiger partial charge in [0.05, 0.1) is 13.2 Å². The van der Waals surface area contributed by atoms with Crippen molar-refractivity contribution in [3.63, 3.8) is 0 Å². The minimum atomic E-state index is -0.644. The van der Waals surface area contributed by atoms with Crippen LogP contribution in [0.4, 0.5) is 8.78 Å². The van der Waals surface area contributed by atoms with Gasteiger partial charge >= 0.3 is 0 Å². The Morgan fingerprint density at radius 3 is 2.20 bits per heavy atom. The molecule has 0 saturated heterocycles. The predicted octanol–water partition coefficient (Wildman–Crippen LogP) is 3.64. The number of hydrogen-bond donors (Lipinski definition) is 1. The molecule has 1 unspecified atom stereocenters. The van der Waals surface area contributed by atoms with E-state index < -0.39 is 17.7 Å². The average molecular weight is 277 g/mol. The molecule has 0 saturated carbocycles. The lowest BCUT2D eigenvalue weighted by Gasteiger charge is -2.19. The number of aryl methyl sites for hydroxylation is 1. The summed E-state index contributed by atoms with van der Waals surface area (Å²) < 4.78 is 32.0. The zero-order valence-corrected chi connectivity index (χ0v) is 11.7. The van der Waals surface area contributed by atoms with E-state index in [2.05, 4.69) is 0 Å². The molecule has 0 bridgehead atoms. The predicted molar refractivity (Wildman–Crippen MR) is 74.9 cm³/mol. The smallest absolute Gasteiger partial charge is 0.127 e. The van der Waals surface area contributed by atoms with Crippen LogP contribution in [0.25, 0.3) is 0 Å². The first-order valence-corrected chi connectivity index (χ1v) is 6.29. The summed E-state index contributed by atoms with van der Waals surface area (Å²) in [5.41, 5.74) is 9.27. The van der Waals surface area contributed by atoms with Crippen LogP contribution in [0, 0.1) is 25.5 Å². The van der Waals surface area contributed by atoms with Crippen LogP contribution in [0.3, 0.4) is 0 Å². The van der Waals surface area contributed by atoms with Gasteiger partial charge in [0.25, 0.3) is 0 Å². The quantitative estimate of drug-likeness (QED) is 0.929. The summed E-state index contributed by atoms with van der Waals surface area (Å²) in [5.74, 6) is -0.626. The van der Waals surface area contributed by atoms with Crippen LogP contribution < -0.4 is 10.5 Å². The summed E-state index contributed by atoms with van der Waals surface area (Å²) in [4.78, 5) is 0. The number of hydrogen-bond acceptors (Lipinski definition) is 2. The van der Waals surface area contributed by atoms with Gasteiger partial charge in [-0.25, -0.2) is 8.78 Å². The van der Waals surface area contributed by atoms with Crippen LogP contribution in [-0.2, 0) is 0 Å². The van der Waals surface area contributed by atoms with Gasteiger partial charge in [0.15, 0.2) is 0 Å². The van der Waals surface area contributed by atoms with Gasteiger partial charge in [-0.05, 0) is 42.7 Å². The van der Waals surface area contributed by atoms with E-state index in [-0.39, 0.29) is 0 Å². The highest BCUT2D eigenvalue weighted by atomic mass is 19.1. The second kappa shape index (κ2) is 5.59. The largest absolute Gasteiger partial charge is 0.496 e. The van der Waals surface area contributed by atoms with Gasteiger partial charge in [0.2, 0.25) is 0 Å².